The third-order valence-electron chi connectivity index (χ3n) is 5.45. The number of carbonyl (C=O) groups is 1. The predicted molar refractivity (Wildman–Crippen MR) is 111 cm³/mol. The van der Waals surface area contributed by atoms with Gasteiger partial charge in [0.15, 0.2) is 5.96 Å². The number of benzene rings is 1. The Morgan fingerprint density at radius 2 is 2.00 bits per heavy atom. The van der Waals surface area contributed by atoms with E-state index in [2.05, 4.69) is 15.2 Å². The Labute approximate surface area is 176 Å². The maximum Gasteiger partial charge on any atom is 0.243 e. The second-order valence-electron chi connectivity index (χ2n) is 7.86. The zero-order valence-electron chi connectivity index (χ0n) is 17.8. The van der Waals surface area contributed by atoms with Crippen molar-refractivity contribution in [2.24, 2.45) is 4.99 Å². The number of rotatable bonds is 6. The highest BCUT2D eigenvalue weighted by atomic mass is 19.1. The fourth-order valence-corrected chi connectivity index (χ4v) is 3.67. The van der Waals surface area contributed by atoms with Gasteiger partial charge in [0.25, 0.3) is 0 Å². The largest absolute Gasteiger partial charge is 0.379 e. The van der Waals surface area contributed by atoms with Gasteiger partial charge in [0.05, 0.1) is 13.2 Å². The van der Waals surface area contributed by atoms with E-state index in [-0.39, 0.29) is 12.5 Å². The lowest BCUT2D eigenvalue weighted by atomic mass is 9.99. The first kappa shape index (κ1) is 22.4. The maximum atomic E-state index is 14.1. The van der Waals surface area contributed by atoms with Crippen LogP contribution in [0.15, 0.2) is 17.1 Å². The van der Waals surface area contributed by atoms with Crippen molar-refractivity contribution in [2.75, 3.05) is 66.6 Å². The third-order valence-corrected chi connectivity index (χ3v) is 5.45. The van der Waals surface area contributed by atoms with Crippen molar-refractivity contribution in [3.05, 3.63) is 34.9 Å². The molecule has 30 heavy (non-hydrogen) atoms. The number of aliphatic imine (C=N–C) groups is 1. The second kappa shape index (κ2) is 10.7. The van der Waals surface area contributed by atoms with Gasteiger partial charge in [-0.3, -0.25) is 9.69 Å². The number of nitrogens with zero attached hydrogens (tertiary/aromatic N) is 4. The third kappa shape index (κ3) is 6.12. The quantitative estimate of drug-likeness (QED) is 0.422. The summed E-state index contributed by atoms with van der Waals surface area (Å²) >= 11 is 0. The molecule has 0 aromatic heterocycles. The maximum absolute atomic E-state index is 14.1. The van der Waals surface area contributed by atoms with Crippen molar-refractivity contribution in [1.82, 2.24) is 20.0 Å². The molecule has 1 amide bonds. The number of nitrogens with one attached hydrogen (secondary N) is 1. The van der Waals surface area contributed by atoms with Crippen molar-refractivity contribution >= 4 is 11.9 Å². The molecule has 0 aliphatic carbocycles. The van der Waals surface area contributed by atoms with Gasteiger partial charge in [0, 0.05) is 52.9 Å². The Morgan fingerprint density at radius 1 is 1.23 bits per heavy atom. The number of guanidine groups is 1. The minimum atomic E-state index is -0.576. The number of morpholine rings is 1. The molecule has 1 N–H and O–H groups in total. The van der Waals surface area contributed by atoms with Gasteiger partial charge in [-0.2, -0.15) is 0 Å². The molecular weight excluding hydrogens is 392 g/mol. The Kier molecular flexibility index (Phi) is 7.98. The normalized spacial score (nSPS) is 17.6. The molecule has 0 unspecified atom stereocenters. The van der Waals surface area contributed by atoms with Crippen LogP contribution in [0.25, 0.3) is 0 Å². The number of likely N-dealkylation sites (N-methyl/N-ethyl adjacent to an activating group) is 1. The van der Waals surface area contributed by atoms with Gasteiger partial charge in [0.2, 0.25) is 5.91 Å². The zero-order chi connectivity index (χ0) is 21.5. The van der Waals surface area contributed by atoms with Crippen LogP contribution in [0.4, 0.5) is 8.78 Å². The number of halogens is 2. The van der Waals surface area contributed by atoms with E-state index in [1.165, 1.54) is 11.0 Å². The van der Waals surface area contributed by atoms with Crippen LogP contribution in [0, 0.1) is 11.6 Å². The molecule has 0 atom stereocenters. The van der Waals surface area contributed by atoms with Gasteiger partial charge >= 0.3 is 0 Å². The summed E-state index contributed by atoms with van der Waals surface area (Å²) in [5.74, 6) is -0.572. The fraction of sp³-hybridized carbons (Fsp3) is 0.619. The Hall–Kier alpha value is -2.26. The number of amides is 1. The summed E-state index contributed by atoms with van der Waals surface area (Å²) in [6.45, 7) is 6.03. The van der Waals surface area contributed by atoms with Crippen molar-refractivity contribution in [1.29, 1.82) is 0 Å². The number of fused-ring (bicyclic) bond motifs is 1. The monoisotopic (exact) mass is 423 g/mol. The first-order valence-electron chi connectivity index (χ1n) is 10.4. The topological polar surface area (TPSA) is 60.4 Å². The van der Waals surface area contributed by atoms with Gasteiger partial charge in [0.1, 0.15) is 18.2 Å². The van der Waals surface area contributed by atoms with E-state index in [4.69, 9.17) is 4.74 Å². The van der Waals surface area contributed by atoms with Crippen LogP contribution in [-0.2, 0) is 22.5 Å². The number of hydrogen-bond acceptors (Lipinski definition) is 4. The van der Waals surface area contributed by atoms with Gasteiger partial charge < -0.3 is 19.9 Å². The molecular formula is C21H31F2N5O2. The molecule has 2 aliphatic heterocycles. The van der Waals surface area contributed by atoms with Gasteiger partial charge in [-0.05, 0) is 36.6 Å². The molecule has 0 radical (unpaired) electrons. The standard InChI is InChI=1S/C21H31F2N5O2/c1-26(2)20(29)14-25-21(24-5-3-6-27-8-10-30-11-9-27)28-7-4-18-16(15-28)12-17(22)13-19(18)23/h12-13H,3-11,14-15H2,1-2H3,(H,24,25). The lowest BCUT2D eigenvalue weighted by Gasteiger charge is -2.32. The first-order chi connectivity index (χ1) is 14.4. The van der Waals surface area contributed by atoms with Gasteiger partial charge in [-0.15, -0.1) is 0 Å². The summed E-state index contributed by atoms with van der Waals surface area (Å²) in [5, 5.41) is 3.34. The first-order valence-corrected chi connectivity index (χ1v) is 10.4. The summed E-state index contributed by atoms with van der Waals surface area (Å²) in [4.78, 5) is 22.3. The SMILES string of the molecule is CN(C)C(=O)CN=C(NCCCN1CCOCC1)N1CCc2c(F)cc(F)cc2C1. The smallest absolute Gasteiger partial charge is 0.243 e. The highest BCUT2D eigenvalue weighted by molar-refractivity contribution is 5.85. The summed E-state index contributed by atoms with van der Waals surface area (Å²) in [7, 11) is 3.38. The van der Waals surface area contributed by atoms with Crippen LogP contribution >= 0.6 is 0 Å². The number of ether oxygens (including phenoxy) is 1. The molecule has 9 heteroatoms. The molecule has 1 saturated heterocycles. The molecule has 0 bridgehead atoms. The van der Waals surface area contributed by atoms with Crippen LogP contribution in [0.3, 0.4) is 0 Å². The Bertz CT molecular complexity index is 766. The van der Waals surface area contributed by atoms with E-state index >= 15 is 0 Å². The molecule has 0 spiro atoms. The summed E-state index contributed by atoms with van der Waals surface area (Å²) in [5.41, 5.74) is 1.18. The summed E-state index contributed by atoms with van der Waals surface area (Å²) < 4.78 is 33.1. The van der Waals surface area contributed by atoms with Crippen molar-refractivity contribution in [2.45, 2.75) is 19.4 Å². The summed E-state index contributed by atoms with van der Waals surface area (Å²) in [6, 6.07) is 2.31. The van der Waals surface area contributed by atoms with E-state index in [9.17, 15) is 13.6 Å². The summed E-state index contributed by atoms with van der Waals surface area (Å²) in [6.07, 6.45) is 1.39. The predicted octanol–water partition coefficient (Wildman–Crippen LogP) is 1.08. The molecule has 166 valence electrons. The van der Waals surface area contributed by atoms with E-state index < -0.39 is 11.6 Å². The highest BCUT2D eigenvalue weighted by Gasteiger charge is 2.23. The zero-order valence-corrected chi connectivity index (χ0v) is 17.8. The molecule has 2 aliphatic rings. The number of hydrogen-bond donors (Lipinski definition) is 1. The number of carbonyl (C=O) groups excluding carboxylic acids is 1. The van der Waals surface area contributed by atoms with Gasteiger partial charge in [-0.1, -0.05) is 0 Å². The lowest BCUT2D eigenvalue weighted by molar-refractivity contribution is -0.127. The van der Waals surface area contributed by atoms with Crippen molar-refractivity contribution in [3.8, 4) is 0 Å². The average Bonchev–Trinajstić information content (AvgIpc) is 2.73. The molecule has 3 rings (SSSR count). The van der Waals surface area contributed by atoms with Crippen LogP contribution in [0.2, 0.25) is 0 Å². The molecule has 2 heterocycles. The van der Waals surface area contributed by atoms with Crippen LogP contribution in [-0.4, -0.2) is 93.1 Å². The van der Waals surface area contributed by atoms with Crippen molar-refractivity contribution < 1.29 is 18.3 Å². The van der Waals surface area contributed by atoms with E-state index in [1.807, 2.05) is 4.90 Å². The average molecular weight is 424 g/mol. The molecule has 1 aromatic carbocycles. The van der Waals surface area contributed by atoms with Crippen LogP contribution in [0.5, 0.6) is 0 Å². The highest BCUT2D eigenvalue weighted by Crippen LogP contribution is 2.23. The minimum Gasteiger partial charge on any atom is -0.379 e. The van der Waals surface area contributed by atoms with Crippen LogP contribution in [0.1, 0.15) is 17.5 Å². The molecule has 7 nitrogen and oxygen atoms in total. The minimum absolute atomic E-state index is 0.0274. The van der Waals surface area contributed by atoms with Gasteiger partial charge in [-0.25, -0.2) is 13.8 Å². The Balaban J connectivity index is 1.63. The van der Waals surface area contributed by atoms with Crippen LogP contribution < -0.4 is 5.32 Å². The Morgan fingerprint density at radius 3 is 2.73 bits per heavy atom. The molecule has 1 aromatic rings. The fourth-order valence-electron chi connectivity index (χ4n) is 3.67. The second-order valence-corrected chi connectivity index (χ2v) is 7.86. The molecule has 0 saturated carbocycles. The van der Waals surface area contributed by atoms with E-state index in [0.29, 0.717) is 43.1 Å². The van der Waals surface area contributed by atoms with E-state index in [1.54, 1.807) is 14.1 Å². The lowest BCUT2D eigenvalue weighted by Crippen LogP contribution is -2.46. The van der Waals surface area contributed by atoms with E-state index in [0.717, 1.165) is 45.3 Å². The molecule has 1 fully saturated rings. The van der Waals surface area contributed by atoms with Crippen molar-refractivity contribution in [3.63, 3.8) is 0 Å².